The number of hydrogen-bond acceptors (Lipinski definition) is 6. The van der Waals surface area contributed by atoms with E-state index in [-0.39, 0.29) is 37.6 Å². The summed E-state index contributed by atoms with van der Waals surface area (Å²) >= 11 is 0. The molecule has 0 aromatic heterocycles. The van der Waals surface area contributed by atoms with Crippen molar-refractivity contribution in [2.24, 2.45) is 5.73 Å². The average Bonchev–Trinajstić information content (AvgIpc) is 3.01. The number of nitrogens with zero attached hydrogens (tertiary/aromatic N) is 2. The van der Waals surface area contributed by atoms with Gasteiger partial charge in [-0.3, -0.25) is 9.69 Å². The normalized spacial score (nSPS) is 20.3. The van der Waals surface area contributed by atoms with Crippen LogP contribution in [-0.4, -0.2) is 91.2 Å². The zero-order valence-electron chi connectivity index (χ0n) is 18.2. The topological polar surface area (TPSA) is 134 Å². The lowest BCUT2D eigenvalue weighted by molar-refractivity contribution is -0.122. The number of carbonyl (C=O) groups is 4. The van der Waals surface area contributed by atoms with Gasteiger partial charge in [-0.05, 0) is 47.1 Å². The van der Waals surface area contributed by atoms with Crippen LogP contribution in [0.4, 0.5) is 14.0 Å². The number of amides is 4. The van der Waals surface area contributed by atoms with Crippen molar-refractivity contribution in [1.82, 2.24) is 20.4 Å². The van der Waals surface area contributed by atoms with Crippen molar-refractivity contribution in [1.29, 1.82) is 0 Å². The van der Waals surface area contributed by atoms with E-state index in [1.54, 1.807) is 27.8 Å². The molecule has 0 aliphatic carbocycles. The first-order valence-electron chi connectivity index (χ1n) is 10.0. The first kappa shape index (κ1) is 25.6. The van der Waals surface area contributed by atoms with E-state index in [4.69, 9.17) is 10.5 Å². The van der Waals surface area contributed by atoms with Gasteiger partial charge in [-0.1, -0.05) is 0 Å². The van der Waals surface area contributed by atoms with Gasteiger partial charge in [0.05, 0.1) is 6.04 Å². The van der Waals surface area contributed by atoms with Crippen LogP contribution in [0.3, 0.4) is 0 Å². The third-order valence-electron chi connectivity index (χ3n) is 4.84. The molecular formula is C19H34FN5O5. The van der Waals surface area contributed by atoms with Gasteiger partial charge in [0.2, 0.25) is 5.91 Å². The van der Waals surface area contributed by atoms with E-state index >= 15 is 0 Å². The summed E-state index contributed by atoms with van der Waals surface area (Å²) in [5.41, 5.74) is 4.67. The molecule has 0 aromatic carbocycles. The molecule has 30 heavy (non-hydrogen) atoms. The van der Waals surface area contributed by atoms with E-state index in [1.807, 2.05) is 4.90 Å². The molecule has 1 rings (SSSR count). The molecule has 4 N–H and O–H groups in total. The van der Waals surface area contributed by atoms with Crippen LogP contribution < -0.4 is 16.4 Å². The maximum atomic E-state index is 12.5. The van der Waals surface area contributed by atoms with Gasteiger partial charge in [0.15, 0.2) is 0 Å². The molecular weight excluding hydrogens is 397 g/mol. The van der Waals surface area contributed by atoms with Crippen LogP contribution in [0.15, 0.2) is 0 Å². The monoisotopic (exact) mass is 431 g/mol. The lowest BCUT2D eigenvalue weighted by Gasteiger charge is -2.30. The highest BCUT2D eigenvalue weighted by atomic mass is 19.1. The number of urea groups is 1. The number of nitrogens with one attached hydrogen (secondary N) is 2. The number of halogens is 1. The van der Waals surface area contributed by atoms with Gasteiger partial charge in [0.1, 0.15) is 24.6 Å². The number of alkyl carbamates (subject to hydrolysis) is 1. The van der Waals surface area contributed by atoms with Crippen LogP contribution in [0.5, 0.6) is 0 Å². The van der Waals surface area contributed by atoms with E-state index in [0.717, 1.165) is 6.42 Å². The predicted molar refractivity (Wildman–Crippen MR) is 109 cm³/mol. The summed E-state index contributed by atoms with van der Waals surface area (Å²) in [5, 5.41) is 4.86. The Balaban J connectivity index is 2.74. The minimum absolute atomic E-state index is 0.0347. The highest BCUT2D eigenvalue weighted by molar-refractivity contribution is 5.80. The lowest BCUT2D eigenvalue weighted by atomic mass is 10.1. The highest BCUT2D eigenvalue weighted by Gasteiger charge is 2.34. The van der Waals surface area contributed by atoms with Gasteiger partial charge in [0.25, 0.3) is 0 Å². The number of primary amides is 1. The Hall–Kier alpha value is -2.43. The molecule has 3 unspecified atom stereocenters. The summed E-state index contributed by atoms with van der Waals surface area (Å²) < 4.78 is 17.6. The molecule has 4 amide bonds. The average molecular weight is 432 g/mol. The maximum Gasteiger partial charge on any atom is 0.408 e. The van der Waals surface area contributed by atoms with Crippen molar-refractivity contribution in [3.63, 3.8) is 0 Å². The van der Waals surface area contributed by atoms with E-state index in [1.165, 1.54) is 4.90 Å². The Labute approximate surface area is 176 Å². The third kappa shape index (κ3) is 8.52. The molecule has 11 heteroatoms. The molecule has 0 aromatic rings. The summed E-state index contributed by atoms with van der Waals surface area (Å²) in [7, 11) is 1.80. The van der Waals surface area contributed by atoms with E-state index in [9.17, 15) is 23.6 Å². The lowest BCUT2D eigenvalue weighted by Crippen LogP contribution is -2.51. The molecule has 1 saturated heterocycles. The minimum Gasteiger partial charge on any atom is -0.444 e. The van der Waals surface area contributed by atoms with Crippen molar-refractivity contribution in [3.8, 4) is 0 Å². The quantitative estimate of drug-likeness (QED) is 0.429. The minimum atomic E-state index is -0.990. The number of aldehydes is 1. The molecule has 0 radical (unpaired) electrons. The summed E-state index contributed by atoms with van der Waals surface area (Å²) in [6, 6.07) is -1.85. The smallest absolute Gasteiger partial charge is 0.408 e. The second-order valence-corrected chi connectivity index (χ2v) is 8.36. The number of hydrogen-bond donors (Lipinski definition) is 3. The van der Waals surface area contributed by atoms with E-state index in [0.29, 0.717) is 19.1 Å². The molecule has 1 heterocycles. The number of ether oxygens (including phenoxy) is 1. The zero-order chi connectivity index (χ0) is 22.9. The van der Waals surface area contributed by atoms with Gasteiger partial charge in [-0.2, -0.15) is 0 Å². The van der Waals surface area contributed by atoms with Crippen LogP contribution in [0.1, 0.15) is 40.0 Å². The molecule has 0 saturated carbocycles. The van der Waals surface area contributed by atoms with E-state index in [2.05, 4.69) is 10.6 Å². The van der Waals surface area contributed by atoms with Crippen LogP contribution in [-0.2, 0) is 14.3 Å². The second kappa shape index (κ2) is 11.7. The van der Waals surface area contributed by atoms with Crippen LogP contribution >= 0.6 is 0 Å². The number of carbonyl (C=O) groups excluding carboxylic acids is 4. The molecule has 1 aliphatic rings. The maximum absolute atomic E-state index is 12.5. The number of likely N-dealkylation sites (tertiary alicyclic amines) is 1. The summed E-state index contributed by atoms with van der Waals surface area (Å²) in [5.74, 6) is -0.389. The standard InChI is InChI=1S/C19H34FN5O5/c1-19(2,3)30-18(29)23-13(12-26)11-25(17(28)22-9-8-20)10-7-14-5-6-15(16(21)27)24(14)4/h12-15H,5-11H2,1-4H3,(H2,21,27)(H,22,28)(H,23,29). The summed E-state index contributed by atoms with van der Waals surface area (Å²) in [4.78, 5) is 50.6. The van der Waals surface area contributed by atoms with Crippen molar-refractivity contribution >= 4 is 24.3 Å². The molecule has 0 spiro atoms. The Kier molecular flexibility index (Phi) is 9.97. The summed E-state index contributed by atoms with van der Waals surface area (Å²) in [6.45, 7) is 4.34. The largest absolute Gasteiger partial charge is 0.444 e. The van der Waals surface area contributed by atoms with Crippen molar-refractivity contribution in [2.75, 3.05) is 33.4 Å². The van der Waals surface area contributed by atoms with Crippen molar-refractivity contribution in [3.05, 3.63) is 0 Å². The third-order valence-corrected chi connectivity index (χ3v) is 4.84. The van der Waals surface area contributed by atoms with Gasteiger partial charge in [-0.15, -0.1) is 0 Å². The van der Waals surface area contributed by atoms with Gasteiger partial charge < -0.3 is 30.8 Å². The molecule has 172 valence electrons. The summed E-state index contributed by atoms with van der Waals surface area (Å²) in [6.07, 6.45) is 1.66. The Morgan fingerprint density at radius 2 is 2.00 bits per heavy atom. The van der Waals surface area contributed by atoms with Crippen molar-refractivity contribution < 1.29 is 28.3 Å². The van der Waals surface area contributed by atoms with Gasteiger partial charge in [0, 0.05) is 25.7 Å². The van der Waals surface area contributed by atoms with Crippen LogP contribution in [0.25, 0.3) is 0 Å². The number of alkyl halides is 1. The zero-order valence-corrected chi connectivity index (χ0v) is 18.2. The fourth-order valence-electron chi connectivity index (χ4n) is 3.37. The van der Waals surface area contributed by atoms with E-state index < -0.39 is 30.4 Å². The molecule has 1 fully saturated rings. The number of nitrogens with two attached hydrogens (primary N) is 1. The van der Waals surface area contributed by atoms with Crippen LogP contribution in [0, 0.1) is 0 Å². The Morgan fingerprint density at radius 3 is 2.50 bits per heavy atom. The van der Waals surface area contributed by atoms with Crippen molar-refractivity contribution in [2.45, 2.75) is 63.8 Å². The highest BCUT2D eigenvalue weighted by Crippen LogP contribution is 2.24. The van der Waals surface area contributed by atoms with Gasteiger partial charge >= 0.3 is 12.1 Å². The van der Waals surface area contributed by atoms with Gasteiger partial charge in [-0.25, -0.2) is 14.0 Å². The first-order chi connectivity index (χ1) is 14.0. The molecule has 0 bridgehead atoms. The first-order valence-corrected chi connectivity index (χ1v) is 10.0. The fourth-order valence-corrected chi connectivity index (χ4v) is 3.37. The number of likely N-dealkylation sites (N-methyl/N-ethyl adjacent to an activating group) is 1. The fraction of sp³-hybridized carbons (Fsp3) is 0.789. The Bertz CT molecular complexity index is 613. The predicted octanol–water partition coefficient (Wildman–Crippen LogP) is 0.398. The molecule has 3 atom stereocenters. The second-order valence-electron chi connectivity index (χ2n) is 8.36. The molecule has 1 aliphatic heterocycles. The molecule has 10 nitrogen and oxygen atoms in total. The number of rotatable bonds is 10. The SMILES string of the molecule is CN1C(CCN(CC(C=O)NC(=O)OC(C)(C)C)C(=O)NCCF)CCC1C(N)=O. The Morgan fingerprint density at radius 1 is 1.33 bits per heavy atom. The van der Waals surface area contributed by atoms with Crippen LogP contribution in [0.2, 0.25) is 0 Å².